The van der Waals surface area contributed by atoms with Gasteiger partial charge < -0.3 is 18.9 Å². The van der Waals surface area contributed by atoms with Crippen molar-refractivity contribution in [2.45, 2.75) is 47.2 Å². The van der Waals surface area contributed by atoms with E-state index in [1.54, 1.807) is 0 Å². The van der Waals surface area contributed by atoms with Crippen LogP contribution >= 0.6 is 0 Å². The molecule has 4 heteroatoms. The molecule has 0 fully saturated rings. The normalized spacial score (nSPS) is 13.1. The summed E-state index contributed by atoms with van der Waals surface area (Å²) in [6.07, 6.45) is 5.21. The van der Waals surface area contributed by atoms with Crippen LogP contribution in [0.1, 0.15) is 34.6 Å². The molecule has 112 valence electrons. The van der Waals surface area contributed by atoms with Crippen molar-refractivity contribution in [1.82, 2.24) is 0 Å². The summed E-state index contributed by atoms with van der Waals surface area (Å²) in [7, 11) is 0. The van der Waals surface area contributed by atoms with Crippen LogP contribution < -0.4 is 0 Å². The van der Waals surface area contributed by atoms with E-state index in [4.69, 9.17) is 18.9 Å². The molecule has 0 radical (unpaired) electrons. The van der Waals surface area contributed by atoms with Crippen LogP contribution in [0.15, 0.2) is 23.8 Å². The minimum Gasteiger partial charge on any atom is -0.349 e. The van der Waals surface area contributed by atoms with Gasteiger partial charge in [0.1, 0.15) is 0 Å². The lowest BCUT2D eigenvalue weighted by molar-refractivity contribution is -0.105. The van der Waals surface area contributed by atoms with Crippen molar-refractivity contribution in [3.8, 4) is 0 Å². The highest BCUT2D eigenvalue weighted by Crippen LogP contribution is 2.06. The summed E-state index contributed by atoms with van der Waals surface area (Å²) in [5.74, 6) is 0. The van der Waals surface area contributed by atoms with Gasteiger partial charge in [0.25, 0.3) is 0 Å². The monoisotopic (exact) mass is 272 g/mol. The highest BCUT2D eigenvalue weighted by atomic mass is 16.7. The molecule has 0 rings (SSSR count). The Hall–Kier alpha value is -0.680. The summed E-state index contributed by atoms with van der Waals surface area (Å²) in [4.78, 5) is 0. The van der Waals surface area contributed by atoms with Crippen molar-refractivity contribution in [2.24, 2.45) is 0 Å². The zero-order chi connectivity index (χ0) is 14.5. The van der Waals surface area contributed by atoms with Crippen LogP contribution in [0, 0.1) is 0 Å². The molecule has 0 spiro atoms. The van der Waals surface area contributed by atoms with Crippen LogP contribution in [0.25, 0.3) is 0 Å². The summed E-state index contributed by atoms with van der Waals surface area (Å²) in [5, 5.41) is 0. The van der Waals surface area contributed by atoms with Crippen molar-refractivity contribution in [3.05, 3.63) is 23.8 Å². The van der Waals surface area contributed by atoms with Gasteiger partial charge in [0, 0.05) is 26.4 Å². The van der Waals surface area contributed by atoms with Crippen molar-refractivity contribution in [2.75, 3.05) is 26.4 Å². The van der Waals surface area contributed by atoms with Gasteiger partial charge in [0.2, 0.25) is 0 Å². The van der Waals surface area contributed by atoms with Crippen molar-refractivity contribution in [1.29, 1.82) is 0 Å². The largest absolute Gasteiger partial charge is 0.349 e. The quantitative estimate of drug-likeness (QED) is 0.427. The van der Waals surface area contributed by atoms with E-state index in [1.807, 2.05) is 52.8 Å². The molecule has 0 aromatic carbocycles. The molecule has 0 aliphatic carbocycles. The van der Waals surface area contributed by atoms with Gasteiger partial charge in [-0.3, -0.25) is 0 Å². The van der Waals surface area contributed by atoms with Gasteiger partial charge in [-0.25, -0.2) is 0 Å². The van der Waals surface area contributed by atoms with Crippen LogP contribution in [-0.4, -0.2) is 39.0 Å². The zero-order valence-electron chi connectivity index (χ0n) is 12.8. The minimum absolute atomic E-state index is 0.294. The van der Waals surface area contributed by atoms with Crippen LogP contribution in [0.2, 0.25) is 0 Å². The molecule has 0 aliphatic heterocycles. The molecular formula is C15H28O4. The van der Waals surface area contributed by atoms with Crippen LogP contribution in [0.5, 0.6) is 0 Å². The third-order valence-corrected chi connectivity index (χ3v) is 2.24. The Balaban J connectivity index is 4.46. The molecule has 0 saturated carbocycles. The highest BCUT2D eigenvalue weighted by molar-refractivity contribution is 5.17. The van der Waals surface area contributed by atoms with E-state index >= 15 is 0 Å². The van der Waals surface area contributed by atoms with Crippen LogP contribution in [0.4, 0.5) is 0 Å². The van der Waals surface area contributed by atoms with E-state index in [0.29, 0.717) is 26.4 Å². The van der Waals surface area contributed by atoms with E-state index in [0.717, 1.165) is 5.57 Å². The average molecular weight is 272 g/mol. The second-order valence-electron chi connectivity index (χ2n) is 3.83. The first-order chi connectivity index (χ1) is 9.17. The maximum absolute atomic E-state index is 5.46. The summed E-state index contributed by atoms with van der Waals surface area (Å²) >= 11 is 0. The van der Waals surface area contributed by atoms with Gasteiger partial charge >= 0.3 is 0 Å². The first kappa shape index (κ1) is 18.3. The lowest BCUT2D eigenvalue weighted by Crippen LogP contribution is -2.15. The van der Waals surface area contributed by atoms with Gasteiger partial charge in [0.15, 0.2) is 12.6 Å². The molecule has 0 amide bonds. The first-order valence-electron chi connectivity index (χ1n) is 7.00. The van der Waals surface area contributed by atoms with E-state index in [9.17, 15) is 0 Å². The molecule has 0 unspecified atom stereocenters. The molecule has 0 saturated heterocycles. The number of rotatable bonds is 11. The Labute approximate surface area is 117 Å². The number of allylic oxidation sites excluding steroid dienone is 2. The molecule has 0 bridgehead atoms. The standard InChI is InChI=1S/C15H28O4/c1-6-16-14(17-7-2)11-10-13(5)12-15(18-8-3)19-9-4/h10-12,14-15H,6-9H2,1-5H3/b11-10+,13-12+. The smallest absolute Gasteiger partial charge is 0.177 e. The molecule has 0 atom stereocenters. The Morgan fingerprint density at radius 1 is 0.789 bits per heavy atom. The Morgan fingerprint density at radius 2 is 1.21 bits per heavy atom. The predicted molar refractivity (Wildman–Crippen MR) is 77.0 cm³/mol. The number of hydrogen-bond donors (Lipinski definition) is 0. The molecule has 0 N–H and O–H groups in total. The van der Waals surface area contributed by atoms with Crippen molar-refractivity contribution in [3.63, 3.8) is 0 Å². The van der Waals surface area contributed by atoms with Crippen molar-refractivity contribution < 1.29 is 18.9 Å². The SMILES string of the molecule is CCOC(/C=C/C(C)=C/C(OCC)OCC)OCC. The molecule has 0 aromatic rings. The fourth-order valence-electron chi connectivity index (χ4n) is 1.46. The zero-order valence-corrected chi connectivity index (χ0v) is 12.8. The summed E-state index contributed by atoms with van der Waals surface area (Å²) in [6.45, 7) is 12.3. The molecule has 4 nitrogen and oxygen atoms in total. The topological polar surface area (TPSA) is 36.9 Å². The van der Waals surface area contributed by atoms with Gasteiger partial charge in [-0.05, 0) is 46.8 Å². The predicted octanol–water partition coefficient (Wildman–Crippen LogP) is 3.29. The van der Waals surface area contributed by atoms with Crippen LogP contribution in [0.3, 0.4) is 0 Å². The van der Waals surface area contributed by atoms with Gasteiger partial charge in [0.05, 0.1) is 0 Å². The van der Waals surface area contributed by atoms with Gasteiger partial charge in [-0.15, -0.1) is 0 Å². The summed E-state index contributed by atoms with van der Waals surface area (Å²) < 4.78 is 21.8. The lowest BCUT2D eigenvalue weighted by Gasteiger charge is -2.14. The van der Waals surface area contributed by atoms with E-state index in [-0.39, 0.29) is 12.6 Å². The molecule has 0 aliphatic rings. The second-order valence-corrected chi connectivity index (χ2v) is 3.83. The van der Waals surface area contributed by atoms with E-state index in [1.165, 1.54) is 0 Å². The maximum Gasteiger partial charge on any atom is 0.177 e. The highest BCUT2D eigenvalue weighted by Gasteiger charge is 2.04. The average Bonchev–Trinajstić information content (AvgIpc) is 2.37. The van der Waals surface area contributed by atoms with E-state index < -0.39 is 0 Å². The van der Waals surface area contributed by atoms with Crippen molar-refractivity contribution >= 4 is 0 Å². The van der Waals surface area contributed by atoms with E-state index in [2.05, 4.69) is 0 Å². The molecular weight excluding hydrogens is 244 g/mol. The third-order valence-electron chi connectivity index (χ3n) is 2.24. The van der Waals surface area contributed by atoms with Gasteiger partial charge in [-0.2, -0.15) is 0 Å². The van der Waals surface area contributed by atoms with Crippen LogP contribution in [-0.2, 0) is 18.9 Å². The maximum atomic E-state index is 5.46. The second kappa shape index (κ2) is 12.4. The fourth-order valence-corrected chi connectivity index (χ4v) is 1.46. The molecule has 19 heavy (non-hydrogen) atoms. The Kier molecular flexibility index (Phi) is 11.9. The number of ether oxygens (including phenoxy) is 4. The number of hydrogen-bond acceptors (Lipinski definition) is 4. The molecule has 0 heterocycles. The minimum atomic E-state index is -0.295. The summed E-state index contributed by atoms with van der Waals surface area (Å²) in [6, 6.07) is 0. The fraction of sp³-hybridized carbons (Fsp3) is 0.733. The summed E-state index contributed by atoms with van der Waals surface area (Å²) in [5.41, 5.74) is 1.05. The van der Waals surface area contributed by atoms with Gasteiger partial charge in [-0.1, -0.05) is 11.6 Å². The lowest BCUT2D eigenvalue weighted by atomic mass is 10.2. The first-order valence-corrected chi connectivity index (χ1v) is 7.00. The third kappa shape index (κ3) is 9.85. The Morgan fingerprint density at radius 3 is 1.63 bits per heavy atom. The molecule has 0 aromatic heterocycles. The Bertz CT molecular complexity index is 249.